The summed E-state index contributed by atoms with van der Waals surface area (Å²) in [6, 6.07) is 24.7. The van der Waals surface area contributed by atoms with E-state index in [1.807, 2.05) is 78.9 Å². The first kappa shape index (κ1) is 20.1. The number of ether oxygens (including phenoxy) is 2. The Labute approximate surface area is 171 Å². The second kappa shape index (κ2) is 10.1. The van der Waals surface area contributed by atoms with Gasteiger partial charge in [-0.2, -0.15) is 5.10 Å². The smallest absolute Gasteiger partial charge is 0.277 e. The highest BCUT2D eigenvalue weighted by Crippen LogP contribution is 2.25. The fourth-order valence-corrected chi connectivity index (χ4v) is 2.73. The first-order valence-electron chi connectivity index (χ1n) is 9.48. The van der Waals surface area contributed by atoms with Gasteiger partial charge in [0.1, 0.15) is 17.2 Å². The predicted octanol–water partition coefficient (Wildman–Crippen LogP) is 5.13. The molecule has 0 radical (unpaired) electrons. The monoisotopic (exact) mass is 388 g/mol. The van der Waals surface area contributed by atoms with Crippen molar-refractivity contribution in [3.63, 3.8) is 0 Å². The zero-order valence-electron chi connectivity index (χ0n) is 16.5. The fourth-order valence-electron chi connectivity index (χ4n) is 2.73. The van der Waals surface area contributed by atoms with Crippen LogP contribution in [0.3, 0.4) is 0 Å². The summed E-state index contributed by atoms with van der Waals surface area (Å²) in [6.07, 6.45) is 1.57. The summed E-state index contributed by atoms with van der Waals surface area (Å²) in [6.45, 7) is 4.07. The van der Waals surface area contributed by atoms with Gasteiger partial charge in [0.2, 0.25) is 0 Å². The van der Waals surface area contributed by atoms with E-state index in [1.54, 1.807) is 6.21 Å². The molecule has 29 heavy (non-hydrogen) atoms. The molecule has 3 aromatic rings. The summed E-state index contributed by atoms with van der Waals surface area (Å²) in [5, 5.41) is 4.00. The first-order valence-corrected chi connectivity index (χ1v) is 9.48. The van der Waals surface area contributed by atoms with E-state index in [-0.39, 0.29) is 12.5 Å². The van der Waals surface area contributed by atoms with E-state index in [0.29, 0.717) is 17.4 Å². The fraction of sp³-hybridized carbons (Fsp3) is 0.167. The van der Waals surface area contributed by atoms with Gasteiger partial charge >= 0.3 is 0 Å². The highest BCUT2D eigenvalue weighted by molar-refractivity contribution is 5.83. The number of benzene rings is 3. The predicted molar refractivity (Wildman–Crippen MR) is 115 cm³/mol. The van der Waals surface area contributed by atoms with Gasteiger partial charge < -0.3 is 9.47 Å². The molecule has 5 heteroatoms. The van der Waals surface area contributed by atoms with Crippen LogP contribution in [0, 0.1) is 0 Å². The number of nitrogens with one attached hydrogen (secondary N) is 1. The van der Waals surface area contributed by atoms with Crippen LogP contribution in [0.4, 0.5) is 0 Å². The van der Waals surface area contributed by atoms with Crippen LogP contribution in [-0.2, 0) is 4.79 Å². The van der Waals surface area contributed by atoms with Crippen molar-refractivity contribution in [2.24, 2.45) is 5.10 Å². The standard InChI is InChI=1S/C24H24N2O3/c1-18(2)22-13-6-7-14-23(22)28-17-24(27)26-25-16-19-9-8-12-21(15-19)29-20-10-4-3-5-11-20/h3-16,18H,17H2,1-2H3,(H,26,27)/b25-16+. The van der Waals surface area contributed by atoms with E-state index in [2.05, 4.69) is 24.4 Å². The maximum Gasteiger partial charge on any atom is 0.277 e. The highest BCUT2D eigenvalue weighted by atomic mass is 16.5. The molecule has 0 spiro atoms. The molecular formula is C24H24N2O3. The lowest BCUT2D eigenvalue weighted by atomic mass is 10.0. The summed E-state index contributed by atoms with van der Waals surface area (Å²) in [5.41, 5.74) is 4.36. The maximum absolute atomic E-state index is 12.0. The molecule has 0 fully saturated rings. The Morgan fingerprint density at radius 3 is 2.48 bits per heavy atom. The third kappa shape index (κ3) is 6.21. The topological polar surface area (TPSA) is 59.9 Å². The molecule has 0 saturated heterocycles. The lowest BCUT2D eigenvalue weighted by molar-refractivity contribution is -0.123. The van der Waals surface area contributed by atoms with E-state index in [9.17, 15) is 4.79 Å². The maximum atomic E-state index is 12.0. The van der Waals surface area contributed by atoms with E-state index in [0.717, 1.165) is 16.9 Å². The van der Waals surface area contributed by atoms with E-state index >= 15 is 0 Å². The first-order chi connectivity index (χ1) is 14.1. The Kier molecular flexibility index (Phi) is 7.00. The molecule has 0 aliphatic carbocycles. The SMILES string of the molecule is CC(C)c1ccccc1OCC(=O)N/N=C/c1cccc(Oc2ccccc2)c1. The molecule has 0 saturated carbocycles. The molecule has 5 nitrogen and oxygen atoms in total. The van der Waals surface area contributed by atoms with Crippen LogP contribution < -0.4 is 14.9 Å². The molecule has 0 bridgehead atoms. The quantitative estimate of drug-likeness (QED) is 0.430. The zero-order chi connectivity index (χ0) is 20.5. The number of nitrogens with zero attached hydrogens (tertiary/aromatic N) is 1. The molecule has 1 N–H and O–H groups in total. The average Bonchev–Trinajstić information content (AvgIpc) is 2.73. The van der Waals surface area contributed by atoms with Gasteiger partial charge in [0, 0.05) is 0 Å². The summed E-state index contributed by atoms with van der Waals surface area (Å²) in [7, 11) is 0. The molecule has 148 valence electrons. The minimum Gasteiger partial charge on any atom is -0.483 e. The van der Waals surface area contributed by atoms with Crippen LogP contribution in [0.15, 0.2) is 84.0 Å². The molecule has 0 heterocycles. The number of rotatable bonds is 8. The van der Waals surface area contributed by atoms with Gasteiger partial charge in [-0.3, -0.25) is 4.79 Å². The van der Waals surface area contributed by atoms with E-state index in [4.69, 9.17) is 9.47 Å². The van der Waals surface area contributed by atoms with Crippen molar-refractivity contribution in [2.75, 3.05) is 6.61 Å². The van der Waals surface area contributed by atoms with Crippen molar-refractivity contribution in [1.82, 2.24) is 5.43 Å². The minimum atomic E-state index is -0.323. The minimum absolute atomic E-state index is 0.0990. The largest absolute Gasteiger partial charge is 0.483 e. The molecule has 3 aromatic carbocycles. The van der Waals surface area contributed by atoms with Crippen LogP contribution in [0.25, 0.3) is 0 Å². The number of para-hydroxylation sites is 2. The van der Waals surface area contributed by atoms with Gasteiger partial charge in [-0.05, 0) is 47.4 Å². The van der Waals surface area contributed by atoms with Crippen LogP contribution in [0.5, 0.6) is 17.2 Å². The zero-order valence-corrected chi connectivity index (χ0v) is 16.5. The third-order valence-corrected chi connectivity index (χ3v) is 4.14. The summed E-state index contributed by atoms with van der Waals surface area (Å²) < 4.78 is 11.4. The molecule has 0 aliphatic heterocycles. The average molecular weight is 388 g/mol. The molecule has 0 aromatic heterocycles. The lowest BCUT2D eigenvalue weighted by Crippen LogP contribution is -2.24. The number of carbonyl (C=O) groups is 1. The van der Waals surface area contributed by atoms with Crippen molar-refractivity contribution in [2.45, 2.75) is 19.8 Å². The van der Waals surface area contributed by atoms with Crippen molar-refractivity contribution in [3.8, 4) is 17.2 Å². The van der Waals surface area contributed by atoms with E-state index < -0.39 is 0 Å². The lowest BCUT2D eigenvalue weighted by Gasteiger charge is -2.13. The summed E-state index contributed by atoms with van der Waals surface area (Å²) >= 11 is 0. The Bertz CT molecular complexity index is 969. The number of hydrogen-bond donors (Lipinski definition) is 1. The summed E-state index contributed by atoms with van der Waals surface area (Å²) in [5.74, 6) is 2.16. The molecular weight excluding hydrogens is 364 g/mol. The number of hydrogen-bond acceptors (Lipinski definition) is 4. The molecule has 0 unspecified atom stereocenters. The van der Waals surface area contributed by atoms with Crippen LogP contribution in [-0.4, -0.2) is 18.7 Å². The second-order valence-electron chi connectivity index (χ2n) is 6.76. The van der Waals surface area contributed by atoms with Crippen LogP contribution in [0.2, 0.25) is 0 Å². The highest BCUT2D eigenvalue weighted by Gasteiger charge is 2.08. The number of hydrazone groups is 1. The Balaban J connectivity index is 1.52. The van der Waals surface area contributed by atoms with Crippen molar-refractivity contribution < 1.29 is 14.3 Å². The third-order valence-electron chi connectivity index (χ3n) is 4.14. The molecule has 0 aliphatic rings. The Hall–Kier alpha value is -3.60. The van der Waals surface area contributed by atoms with Crippen molar-refractivity contribution in [1.29, 1.82) is 0 Å². The van der Waals surface area contributed by atoms with Gasteiger partial charge in [0.25, 0.3) is 5.91 Å². The molecule has 0 atom stereocenters. The van der Waals surface area contributed by atoms with Gasteiger partial charge in [0.15, 0.2) is 6.61 Å². The van der Waals surface area contributed by atoms with Crippen LogP contribution >= 0.6 is 0 Å². The Morgan fingerprint density at radius 1 is 0.966 bits per heavy atom. The van der Waals surface area contributed by atoms with Gasteiger partial charge in [-0.25, -0.2) is 5.43 Å². The van der Waals surface area contributed by atoms with Gasteiger partial charge in [-0.15, -0.1) is 0 Å². The Morgan fingerprint density at radius 2 is 1.69 bits per heavy atom. The van der Waals surface area contributed by atoms with Crippen molar-refractivity contribution in [3.05, 3.63) is 90.0 Å². The van der Waals surface area contributed by atoms with E-state index in [1.165, 1.54) is 0 Å². The van der Waals surface area contributed by atoms with Gasteiger partial charge in [-0.1, -0.05) is 62.4 Å². The summed E-state index contributed by atoms with van der Waals surface area (Å²) in [4.78, 5) is 12.0. The van der Waals surface area contributed by atoms with Gasteiger partial charge in [0.05, 0.1) is 6.21 Å². The number of amides is 1. The normalized spacial score (nSPS) is 10.9. The van der Waals surface area contributed by atoms with Crippen molar-refractivity contribution >= 4 is 12.1 Å². The second-order valence-corrected chi connectivity index (χ2v) is 6.76. The molecule has 3 rings (SSSR count). The molecule has 1 amide bonds. The van der Waals surface area contributed by atoms with Crippen LogP contribution in [0.1, 0.15) is 30.9 Å². The number of carbonyl (C=O) groups excluding carboxylic acids is 1.